The molecule has 4 heteroatoms. The number of benzene rings is 2. The molecule has 1 aliphatic carbocycles. The maximum atomic E-state index is 13.5. The highest BCUT2D eigenvalue weighted by Gasteiger charge is 2.55. The summed E-state index contributed by atoms with van der Waals surface area (Å²) in [6.07, 6.45) is 4.03. The lowest BCUT2D eigenvalue weighted by molar-refractivity contribution is -0.123. The van der Waals surface area contributed by atoms with Crippen LogP contribution in [-0.2, 0) is 16.0 Å². The first kappa shape index (κ1) is 17.2. The van der Waals surface area contributed by atoms with E-state index in [1.54, 1.807) is 0 Å². The Hall–Kier alpha value is -2.88. The van der Waals surface area contributed by atoms with Gasteiger partial charge in [-0.2, -0.15) is 0 Å². The SMILES string of the molecule is CCCC[C@@H]1Cc2c([nH]c3ccccc23)[C@@H]2C(=O)N(c3ccccc3)C(=O)[C@H]12. The molecule has 0 saturated carbocycles. The van der Waals surface area contributed by atoms with Crippen LogP contribution in [0.5, 0.6) is 0 Å². The minimum Gasteiger partial charge on any atom is -0.357 e. The van der Waals surface area contributed by atoms with E-state index >= 15 is 0 Å². The number of rotatable bonds is 4. The summed E-state index contributed by atoms with van der Waals surface area (Å²) in [6.45, 7) is 2.18. The van der Waals surface area contributed by atoms with E-state index in [0.717, 1.165) is 36.9 Å². The number of para-hydroxylation sites is 2. The summed E-state index contributed by atoms with van der Waals surface area (Å²) < 4.78 is 0. The van der Waals surface area contributed by atoms with Crippen LogP contribution in [0, 0.1) is 11.8 Å². The van der Waals surface area contributed by atoms with Gasteiger partial charge in [0.1, 0.15) is 0 Å². The molecule has 0 bridgehead atoms. The van der Waals surface area contributed by atoms with Gasteiger partial charge in [0.2, 0.25) is 11.8 Å². The molecule has 2 heterocycles. The number of carbonyl (C=O) groups excluding carboxylic acids is 2. The molecule has 142 valence electrons. The topological polar surface area (TPSA) is 53.2 Å². The summed E-state index contributed by atoms with van der Waals surface area (Å²) in [5, 5.41) is 1.19. The normalized spacial score (nSPS) is 23.9. The van der Waals surface area contributed by atoms with Gasteiger partial charge in [0.15, 0.2) is 0 Å². The number of nitrogens with zero attached hydrogens (tertiary/aromatic N) is 1. The van der Waals surface area contributed by atoms with E-state index in [-0.39, 0.29) is 23.7 Å². The lowest BCUT2D eigenvalue weighted by Gasteiger charge is -2.31. The monoisotopic (exact) mass is 372 g/mol. The first-order valence-corrected chi connectivity index (χ1v) is 10.2. The van der Waals surface area contributed by atoms with Crippen molar-refractivity contribution in [2.45, 2.75) is 38.5 Å². The highest BCUT2D eigenvalue weighted by Crippen LogP contribution is 2.49. The molecule has 2 amide bonds. The third-order valence-electron chi connectivity index (χ3n) is 6.43. The Morgan fingerprint density at radius 3 is 2.54 bits per heavy atom. The molecule has 1 N–H and O–H groups in total. The van der Waals surface area contributed by atoms with E-state index in [1.807, 2.05) is 42.5 Å². The zero-order chi connectivity index (χ0) is 19.3. The number of carbonyl (C=O) groups is 2. The molecule has 3 aromatic rings. The highest BCUT2D eigenvalue weighted by atomic mass is 16.2. The molecule has 4 nitrogen and oxygen atoms in total. The zero-order valence-corrected chi connectivity index (χ0v) is 16.0. The van der Waals surface area contributed by atoms with Gasteiger partial charge < -0.3 is 4.98 Å². The number of H-pyrrole nitrogens is 1. The first-order valence-electron chi connectivity index (χ1n) is 10.2. The summed E-state index contributed by atoms with van der Waals surface area (Å²) in [4.78, 5) is 31.8. The van der Waals surface area contributed by atoms with Crippen molar-refractivity contribution in [1.82, 2.24) is 4.98 Å². The van der Waals surface area contributed by atoms with E-state index in [4.69, 9.17) is 0 Å². The molecule has 0 spiro atoms. The Bertz CT molecular complexity index is 1050. The lowest BCUT2D eigenvalue weighted by Crippen LogP contribution is -2.33. The van der Waals surface area contributed by atoms with E-state index in [1.165, 1.54) is 15.8 Å². The van der Waals surface area contributed by atoms with Crippen LogP contribution in [0.25, 0.3) is 10.9 Å². The molecule has 0 unspecified atom stereocenters. The zero-order valence-electron chi connectivity index (χ0n) is 16.0. The van der Waals surface area contributed by atoms with Crippen LogP contribution >= 0.6 is 0 Å². The van der Waals surface area contributed by atoms with Crippen LogP contribution in [0.1, 0.15) is 43.4 Å². The summed E-state index contributed by atoms with van der Waals surface area (Å²) in [6, 6.07) is 17.6. The summed E-state index contributed by atoms with van der Waals surface area (Å²) in [5.41, 5.74) is 3.92. The average Bonchev–Trinajstić information content (AvgIpc) is 3.22. The van der Waals surface area contributed by atoms with Gasteiger partial charge in [0, 0.05) is 16.6 Å². The largest absolute Gasteiger partial charge is 0.357 e. The third-order valence-corrected chi connectivity index (χ3v) is 6.43. The number of hydrogen-bond acceptors (Lipinski definition) is 2. The number of aromatic nitrogens is 1. The number of anilines is 1. The molecule has 1 aliphatic heterocycles. The molecule has 5 rings (SSSR count). The van der Waals surface area contributed by atoms with Gasteiger partial charge in [-0.05, 0) is 42.5 Å². The van der Waals surface area contributed by atoms with Crippen molar-refractivity contribution in [3.05, 3.63) is 65.9 Å². The molecule has 3 atom stereocenters. The third kappa shape index (κ3) is 2.44. The quantitative estimate of drug-likeness (QED) is 0.669. The fourth-order valence-electron chi connectivity index (χ4n) is 5.14. The van der Waals surface area contributed by atoms with E-state index in [0.29, 0.717) is 5.69 Å². The minimum absolute atomic E-state index is 0.0355. The number of hydrogen-bond donors (Lipinski definition) is 1. The van der Waals surface area contributed by atoms with Gasteiger partial charge in [-0.3, -0.25) is 9.59 Å². The summed E-state index contributed by atoms with van der Waals surface area (Å²) in [5.74, 6) is -0.575. The molecular weight excluding hydrogens is 348 g/mol. The molecule has 28 heavy (non-hydrogen) atoms. The van der Waals surface area contributed by atoms with Crippen LogP contribution in [0.3, 0.4) is 0 Å². The van der Waals surface area contributed by atoms with Crippen molar-refractivity contribution in [3.8, 4) is 0 Å². The number of imide groups is 1. The smallest absolute Gasteiger partial charge is 0.243 e. The lowest BCUT2D eigenvalue weighted by atomic mass is 9.70. The van der Waals surface area contributed by atoms with Crippen molar-refractivity contribution >= 4 is 28.4 Å². The number of unbranched alkanes of at least 4 members (excludes halogenated alkanes) is 1. The van der Waals surface area contributed by atoms with E-state index in [9.17, 15) is 9.59 Å². The first-order chi connectivity index (χ1) is 13.7. The Morgan fingerprint density at radius 1 is 1.00 bits per heavy atom. The number of fused-ring (bicyclic) bond motifs is 5. The van der Waals surface area contributed by atoms with Crippen LogP contribution in [0.4, 0.5) is 5.69 Å². The van der Waals surface area contributed by atoms with Crippen molar-refractivity contribution in [2.75, 3.05) is 4.90 Å². The van der Waals surface area contributed by atoms with Crippen molar-refractivity contribution in [2.24, 2.45) is 11.8 Å². The maximum absolute atomic E-state index is 13.5. The number of amides is 2. The molecular formula is C24H24N2O2. The van der Waals surface area contributed by atoms with E-state index < -0.39 is 5.92 Å². The van der Waals surface area contributed by atoms with Gasteiger partial charge in [-0.25, -0.2) is 4.90 Å². The van der Waals surface area contributed by atoms with Gasteiger partial charge in [-0.1, -0.05) is 56.2 Å². The number of aromatic amines is 1. The Morgan fingerprint density at radius 2 is 1.75 bits per heavy atom. The van der Waals surface area contributed by atoms with Crippen molar-refractivity contribution < 1.29 is 9.59 Å². The van der Waals surface area contributed by atoms with Crippen molar-refractivity contribution in [3.63, 3.8) is 0 Å². The Labute approximate surface area is 164 Å². The predicted octanol–water partition coefficient (Wildman–Crippen LogP) is 4.80. The second-order valence-electron chi connectivity index (χ2n) is 8.02. The predicted molar refractivity (Wildman–Crippen MR) is 110 cm³/mol. The fraction of sp³-hybridized carbons (Fsp3) is 0.333. The van der Waals surface area contributed by atoms with Crippen LogP contribution < -0.4 is 4.90 Å². The second kappa shape index (κ2) is 6.62. The Kier molecular flexibility index (Phi) is 4.08. The number of nitrogens with one attached hydrogen (secondary N) is 1. The van der Waals surface area contributed by atoms with Gasteiger partial charge in [0.25, 0.3) is 0 Å². The van der Waals surface area contributed by atoms with E-state index in [2.05, 4.69) is 24.0 Å². The summed E-state index contributed by atoms with van der Waals surface area (Å²) >= 11 is 0. The molecule has 1 saturated heterocycles. The second-order valence-corrected chi connectivity index (χ2v) is 8.02. The molecule has 2 aliphatic rings. The maximum Gasteiger partial charge on any atom is 0.243 e. The molecule has 0 radical (unpaired) electrons. The standard InChI is InChI=1S/C24H24N2O2/c1-2-3-9-15-14-18-17-12-7-8-13-19(17)25-22(18)21-20(15)23(27)26(24(21)28)16-10-5-4-6-11-16/h4-8,10-13,15,20-21,25H,2-3,9,14H2,1H3/t15-,20-,21-/m1/s1. The molecule has 1 aromatic heterocycles. The van der Waals surface area contributed by atoms with Crippen LogP contribution in [0.15, 0.2) is 54.6 Å². The Balaban J connectivity index is 1.65. The summed E-state index contributed by atoms with van der Waals surface area (Å²) in [7, 11) is 0. The molecule has 1 fully saturated rings. The highest BCUT2D eigenvalue weighted by molar-refractivity contribution is 6.24. The van der Waals surface area contributed by atoms with Gasteiger partial charge in [0.05, 0.1) is 17.5 Å². The van der Waals surface area contributed by atoms with Crippen LogP contribution in [-0.4, -0.2) is 16.8 Å². The molecule has 2 aromatic carbocycles. The minimum atomic E-state index is -0.397. The fourth-order valence-corrected chi connectivity index (χ4v) is 5.14. The van der Waals surface area contributed by atoms with Crippen LogP contribution in [0.2, 0.25) is 0 Å². The van der Waals surface area contributed by atoms with Gasteiger partial charge >= 0.3 is 0 Å². The van der Waals surface area contributed by atoms with Gasteiger partial charge in [-0.15, -0.1) is 0 Å². The average molecular weight is 372 g/mol. The van der Waals surface area contributed by atoms with Crippen molar-refractivity contribution in [1.29, 1.82) is 0 Å².